The van der Waals surface area contributed by atoms with Crippen LogP contribution in [0.1, 0.15) is 53.4 Å². The van der Waals surface area contributed by atoms with Crippen LogP contribution < -0.4 is 5.32 Å². The summed E-state index contributed by atoms with van der Waals surface area (Å²) in [7, 11) is 0. The standard InChI is InChI=1S/C12H23N/c1-11(2)10(12(11,3)4)13-9-7-5-6-8-9/h9-10,13H,5-8H2,1-4H3. The summed E-state index contributed by atoms with van der Waals surface area (Å²) in [5.74, 6) is 0. The highest BCUT2D eigenvalue weighted by Gasteiger charge is 2.64. The molecule has 2 fully saturated rings. The van der Waals surface area contributed by atoms with Crippen LogP contribution in [0.4, 0.5) is 0 Å². The zero-order valence-corrected chi connectivity index (χ0v) is 9.48. The Morgan fingerprint density at radius 1 is 0.923 bits per heavy atom. The number of hydrogen-bond donors (Lipinski definition) is 1. The van der Waals surface area contributed by atoms with Gasteiger partial charge >= 0.3 is 0 Å². The average molecular weight is 181 g/mol. The van der Waals surface area contributed by atoms with E-state index in [1.165, 1.54) is 25.7 Å². The van der Waals surface area contributed by atoms with Gasteiger partial charge in [0.2, 0.25) is 0 Å². The minimum absolute atomic E-state index is 0.510. The lowest BCUT2D eigenvalue weighted by Gasteiger charge is -2.13. The topological polar surface area (TPSA) is 12.0 Å². The van der Waals surface area contributed by atoms with Crippen molar-refractivity contribution in [2.45, 2.75) is 65.5 Å². The summed E-state index contributed by atoms with van der Waals surface area (Å²) >= 11 is 0. The van der Waals surface area contributed by atoms with Crippen LogP contribution in [0.5, 0.6) is 0 Å². The molecule has 76 valence electrons. The number of rotatable bonds is 2. The fourth-order valence-corrected chi connectivity index (χ4v) is 2.94. The van der Waals surface area contributed by atoms with Crippen LogP contribution in [0.2, 0.25) is 0 Å². The van der Waals surface area contributed by atoms with Crippen LogP contribution in [0.25, 0.3) is 0 Å². The molecule has 1 N–H and O–H groups in total. The first-order chi connectivity index (χ1) is 5.96. The second kappa shape index (κ2) is 2.73. The van der Waals surface area contributed by atoms with E-state index < -0.39 is 0 Å². The van der Waals surface area contributed by atoms with Crippen LogP contribution in [0.3, 0.4) is 0 Å². The van der Waals surface area contributed by atoms with Gasteiger partial charge in [0.25, 0.3) is 0 Å². The van der Waals surface area contributed by atoms with E-state index in [0.717, 1.165) is 12.1 Å². The molecule has 1 heteroatoms. The van der Waals surface area contributed by atoms with Gasteiger partial charge in [-0.25, -0.2) is 0 Å². The maximum Gasteiger partial charge on any atom is 0.0183 e. The Kier molecular flexibility index (Phi) is 1.99. The summed E-state index contributed by atoms with van der Waals surface area (Å²) in [6.45, 7) is 9.55. The molecule has 2 saturated carbocycles. The third kappa shape index (κ3) is 1.32. The molecule has 0 saturated heterocycles. The van der Waals surface area contributed by atoms with E-state index in [4.69, 9.17) is 0 Å². The van der Waals surface area contributed by atoms with Gasteiger partial charge in [-0.2, -0.15) is 0 Å². The Morgan fingerprint density at radius 3 is 1.77 bits per heavy atom. The van der Waals surface area contributed by atoms with Crippen LogP contribution >= 0.6 is 0 Å². The molecule has 0 bridgehead atoms. The van der Waals surface area contributed by atoms with E-state index >= 15 is 0 Å². The van der Waals surface area contributed by atoms with Gasteiger partial charge in [-0.05, 0) is 23.7 Å². The molecular weight excluding hydrogens is 158 g/mol. The van der Waals surface area contributed by atoms with Gasteiger partial charge in [0, 0.05) is 12.1 Å². The van der Waals surface area contributed by atoms with Crippen LogP contribution in [0.15, 0.2) is 0 Å². The van der Waals surface area contributed by atoms with Gasteiger partial charge < -0.3 is 5.32 Å². The molecule has 0 heterocycles. The van der Waals surface area contributed by atoms with E-state index in [2.05, 4.69) is 33.0 Å². The summed E-state index contributed by atoms with van der Waals surface area (Å²) in [5.41, 5.74) is 1.02. The average Bonchev–Trinajstić information content (AvgIpc) is 2.44. The van der Waals surface area contributed by atoms with E-state index in [9.17, 15) is 0 Å². The van der Waals surface area contributed by atoms with Gasteiger partial charge in [-0.1, -0.05) is 40.5 Å². The zero-order valence-electron chi connectivity index (χ0n) is 9.48. The minimum atomic E-state index is 0.510. The summed E-state index contributed by atoms with van der Waals surface area (Å²) in [4.78, 5) is 0. The van der Waals surface area contributed by atoms with E-state index in [-0.39, 0.29) is 0 Å². The lowest BCUT2D eigenvalue weighted by molar-refractivity contribution is 0.457. The lowest BCUT2D eigenvalue weighted by atomic mass is 10.0. The summed E-state index contributed by atoms with van der Waals surface area (Å²) in [6.07, 6.45) is 5.68. The summed E-state index contributed by atoms with van der Waals surface area (Å²) in [6, 6.07) is 1.58. The normalized spacial score (nSPS) is 32.3. The molecule has 0 aromatic heterocycles. The van der Waals surface area contributed by atoms with Gasteiger partial charge in [0.15, 0.2) is 0 Å². The lowest BCUT2D eigenvalue weighted by Crippen LogP contribution is -2.31. The molecule has 13 heavy (non-hydrogen) atoms. The Balaban J connectivity index is 1.90. The smallest absolute Gasteiger partial charge is 0.0183 e. The molecule has 0 spiro atoms. The number of nitrogens with one attached hydrogen (secondary N) is 1. The van der Waals surface area contributed by atoms with Crippen molar-refractivity contribution in [2.24, 2.45) is 10.8 Å². The molecule has 0 aliphatic heterocycles. The first-order valence-corrected chi connectivity index (χ1v) is 5.72. The van der Waals surface area contributed by atoms with Crippen molar-refractivity contribution in [3.05, 3.63) is 0 Å². The quantitative estimate of drug-likeness (QED) is 0.690. The predicted octanol–water partition coefficient (Wildman–Crippen LogP) is 2.95. The van der Waals surface area contributed by atoms with Crippen molar-refractivity contribution in [3.63, 3.8) is 0 Å². The third-order valence-corrected chi connectivity index (χ3v) is 4.78. The van der Waals surface area contributed by atoms with E-state index in [0.29, 0.717) is 10.8 Å². The van der Waals surface area contributed by atoms with Gasteiger partial charge in [-0.3, -0.25) is 0 Å². The Morgan fingerprint density at radius 2 is 1.38 bits per heavy atom. The first-order valence-electron chi connectivity index (χ1n) is 5.72. The highest BCUT2D eigenvalue weighted by atomic mass is 15.1. The number of hydrogen-bond acceptors (Lipinski definition) is 1. The molecule has 2 rings (SSSR count). The largest absolute Gasteiger partial charge is 0.310 e. The molecule has 0 unspecified atom stereocenters. The zero-order chi connectivity index (χ0) is 9.69. The Bertz CT molecular complexity index is 185. The monoisotopic (exact) mass is 181 g/mol. The molecule has 2 aliphatic rings. The van der Waals surface area contributed by atoms with Crippen LogP contribution in [-0.2, 0) is 0 Å². The Labute approximate surface area is 82.3 Å². The molecular formula is C12H23N. The fourth-order valence-electron chi connectivity index (χ4n) is 2.94. The van der Waals surface area contributed by atoms with Gasteiger partial charge in [0.05, 0.1) is 0 Å². The van der Waals surface area contributed by atoms with Crippen molar-refractivity contribution in [1.82, 2.24) is 5.32 Å². The second-order valence-electron chi connectivity index (χ2n) is 6.02. The first kappa shape index (κ1) is 9.51. The SMILES string of the molecule is CC1(C)C(NC2CCCC2)C1(C)C. The van der Waals surface area contributed by atoms with Gasteiger partial charge in [0.1, 0.15) is 0 Å². The molecule has 1 nitrogen and oxygen atoms in total. The summed E-state index contributed by atoms with van der Waals surface area (Å²) < 4.78 is 0. The molecule has 0 amide bonds. The van der Waals surface area contributed by atoms with Gasteiger partial charge in [-0.15, -0.1) is 0 Å². The molecule has 2 aliphatic carbocycles. The molecule has 0 aromatic rings. The highest BCUT2D eigenvalue weighted by molar-refractivity contribution is 5.18. The summed E-state index contributed by atoms with van der Waals surface area (Å²) in [5, 5.41) is 3.83. The van der Waals surface area contributed by atoms with Crippen LogP contribution in [0, 0.1) is 10.8 Å². The maximum absolute atomic E-state index is 3.83. The van der Waals surface area contributed by atoms with E-state index in [1.54, 1.807) is 0 Å². The van der Waals surface area contributed by atoms with Crippen molar-refractivity contribution < 1.29 is 0 Å². The van der Waals surface area contributed by atoms with Crippen molar-refractivity contribution >= 4 is 0 Å². The highest BCUT2D eigenvalue weighted by Crippen LogP contribution is 2.62. The van der Waals surface area contributed by atoms with E-state index in [1.807, 2.05) is 0 Å². The molecule has 0 radical (unpaired) electrons. The maximum atomic E-state index is 3.83. The minimum Gasteiger partial charge on any atom is -0.310 e. The van der Waals surface area contributed by atoms with Crippen molar-refractivity contribution in [3.8, 4) is 0 Å². The predicted molar refractivity (Wildman–Crippen MR) is 56.7 cm³/mol. The Hall–Kier alpha value is -0.0400. The fraction of sp³-hybridized carbons (Fsp3) is 1.00. The molecule has 0 atom stereocenters. The third-order valence-electron chi connectivity index (χ3n) is 4.78. The van der Waals surface area contributed by atoms with Crippen molar-refractivity contribution in [2.75, 3.05) is 0 Å². The van der Waals surface area contributed by atoms with Crippen molar-refractivity contribution in [1.29, 1.82) is 0 Å². The van der Waals surface area contributed by atoms with Crippen LogP contribution in [-0.4, -0.2) is 12.1 Å². The second-order valence-corrected chi connectivity index (χ2v) is 6.02. The molecule has 0 aromatic carbocycles.